The molecule has 4 aliphatic rings. The average Bonchev–Trinajstić information content (AvgIpc) is 3.75. The van der Waals surface area contributed by atoms with Crippen LogP contribution in [0.3, 0.4) is 0 Å². The number of para-hydroxylation sites is 3. The number of anilines is 5. The van der Waals surface area contributed by atoms with Crippen LogP contribution in [-0.2, 0) is 5.41 Å². The van der Waals surface area contributed by atoms with Gasteiger partial charge in [0, 0.05) is 42.1 Å². The highest BCUT2D eigenvalue weighted by atomic mass is 32.2. The molecule has 0 bridgehead atoms. The molecular formula is C70H76N2S2. The summed E-state index contributed by atoms with van der Waals surface area (Å²) in [6, 6.07) is 58.4. The van der Waals surface area contributed by atoms with Crippen molar-refractivity contribution in [2.24, 2.45) is 0 Å². The van der Waals surface area contributed by atoms with Crippen molar-refractivity contribution in [2.75, 3.05) is 9.80 Å². The first kappa shape index (κ1) is 55.0. The molecule has 2 nitrogen and oxygen atoms in total. The van der Waals surface area contributed by atoms with Crippen LogP contribution in [0.2, 0.25) is 0 Å². The fourth-order valence-corrected chi connectivity index (χ4v) is 12.3. The second kappa shape index (κ2) is 27.0. The van der Waals surface area contributed by atoms with Gasteiger partial charge in [-0.2, -0.15) is 0 Å². The molecule has 0 fully saturated rings. The molecule has 0 amide bonds. The zero-order chi connectivity index (χ0) is 52.5. The summed E-state index contributed by atoms with van der Waals surface area (Å²) in [4.78, 5) is 10.1. The van der Waals surface area contributed by atoms with E-state index in [0.717, 1.165) is 32.1 Å². The normalized spacial score (nSPS) is 14.3. The van der Waals surface area contributed by atoms with E-state index in [9.17, 15) is 0 Å². The van der Waals surface area contributed by atoms with Gasteiger partial charge in [-0.3, -0.25) is 0 Å². The lowest BCUT2D eigenvalue weighted by atomic mass is 9.73. The molecule has 0 N–H and O–H groups in total. The molecule has 0 aromatic heterocycles. The van der Waals surface area contributed by atoms with Crippen molar-refractivity contribution in [2.45, 2.75) is 121 Å². The van der Waals surface area contributed by atoms with Gasteiger partial charge in [0.1, 0.15) is 0 Å². The molecule has 0 unspecified atom stereocenters. The van der Waals surface area contributed by atoms with Crippen LogP contribution in [0.5, 0.6) is 0 Å². The van der Waals surface area contributed by atoms with Crippen molar-refractivity contribution >= 4 is 76.3 Å². The van der Waals surface area contributed by atoms with Crippen LogP contribution in [-0.4, -0.2) is 0 Å². The predicted octanol–water partition coefficient (Wildman–Crippen LogP) is 22.5. The third kappa shape index (κ3) is 11.8. The summed E-state index contributed by atoms with van der Waals surface area (Å²) < 4.78 is 0. The van der Waals surface area contributed by atoms with Gasteiger partial charge in [-0.1, -0.05) is 244 Å². The van der Waals surface area contributed by atoms with Gasteiger partial charge in [0.05, 0.1) is 17.1 Å². The highest BCUT2D eigenvalue weighted by Crippen LogP contribution is 2.54. The summed E-state index contributed by atoms with van der Waals surface area (Å²) in [5.74, 6) is 0. The zero-order valence-corrected chi connectivity index (χ0v) is 47.2. The molecule has 0 atom stereocenters. The maximum absolute atomic E-state index is 2.47. The minimum absolute atomic E-state index is 0.0220. The van der Waals surface area contributed by atoms with E-state index in [-0.39, 0.29) is 5.41 Å². The lowest BCUT2D eigenvalue weighted by molar-refractivity contribution is 0.490. The van der Waals surface area contributed by atoms with E-state index in [1.807, 2.05) is 84.1 Å². The molecule has 74 heavy (non-hydrogen) atoms. The minimum atomic E-state index is -0.0220. The molecule has 0 saturated heterocycles. The van der Waals surface area contributed by atoms with E-state index in [1.54, 1.807) is 0 Å². The van der Waals surface area contributed by atoms with Gasteiger partial charge >= 0.3 is 0 Å². The minimum Gasteiger partial charge on any atom is -0.312 e. The van der Waals surface area contributed by atoms with E-state index in [2.05, 4.69) is 237 Å². The number of hydrogen-bond donors (Lipinski definition) is 0. The van der Waals surface area contributed by atoms with Gasteiger partial charge in [-0.05, 0) is 144 Å². The Morgan fingerprint density at radius 3 is 1.39 bits per heavy atom. The Kier molecular flexibility index (Phi) is 20.1. The Morgan fingerprint density at radius 2 is 0.919 bits per heavy atom. The van der Waals surface area contributed by atoms with Crippen molar-refractivity contribution in [1.29, 1.82) is 0 Å². The van der Waals surface area contributed by atoms with Crippen molar-refractivity contribution in [1.82, 2.24) is 0 Å². The molecule has 0 radical (unpaired) electrons. The van der Waals surface area contributed by atoms with Crippen LogP contribution in [0.15, 0.2) is 219 Å². The molecule has 4 heteroatoms. The smallest absolute Gasteiger partial charge is 0.0601 e. The second-order valence-corrected chi connectivity index (χ2v) is 19.8. The van der Waals surface area contributed by atoms with Crippen molar-refractivity contribution in [3.63, 3.8) is 0 Å². The van der Waals surface area contributed by atoms with E-state index in [1.165, 1.54) is 98.2 Å². The third-order valence-corrected chi connectivity index (χ3v) is 15.9. The van der Waals surface area contributed by atoms with Crippen molar-refractivity contribution in [3.05, 3.63) is 238 Å². The van der Waals surface area contributed by atoms with Crippen LogP contribution >= 0.6 is 23.5 Å². The Hall–Kier alpha value is -6.72. The van der Waals surface area contributed by atoms with Gasteiger partial charge < -0.3 is 9.80 Å². The van der Waals surface area contributed by atoms with E-state index >= 15 is 0 Å². The molecule has 7 aromatic carbocycles. The summed E-state index contributed by atoms with van der Waals surface area (Å²) in [7, 11) is 0. The van der Waals surface area contributed by atoms with Crippen molar-refractivity contribution in [3.8, 4) is 11.1 Å². The first-order valence-corrected chi connectivity index (χ1v) is 28.9. The SMILES string of the molecule is C/C=C\C=C/CC.CC.CC.CC.CCC1(CC)c2cc(/C=C/c3ccc(N4C5=C(C=CCC5)Sc5ccccc54)cc3)ccc2-c2ccc(/C=C/c3ccc(N4c5ccccc5Sc5ccccc54)cc3)cc21. The Labute approximate surface area is 454 Å². The fourth-order valence-electron chi connectivity index (χ4n) is 10.1. The molecule has 11 rings (SSSR count). The van der Waals surface area contributed by atoms with Gasteiger partial charge in [0.2, 0.25) is 0 Å². The molecule has 0 saturated carbocycles. The number of thioether (sulfide) groups is 1. The van der Waals surface area contributed by atoms with Gasteiger partial charge in [-0.25, -0.2) is 0 Å². The molecule has 2 aliphatic carbocycles. The highest BCUT2D eigenvalue weighted by Gasteiger charge is 2.40. The third-order valence-electron chi connectivity index (χ3n) is 13.7. The summed E-state index contributed by atoms with van der Waals surface area (Å²) in [6.45, 7) is 20.9. The molecular weight excluding hydrogens is 933 g/mol. The number of benzene rings is 7. The topological polar surface area (TPSA) is 6.48 Å². The van der Waals surface area contributed by atoms with Crippen LogP contribution in [0, 0.1) is 0 Å². The van der Waals surface area contributed by atoms with Gasteiger partial charge in [-0.15, -0.1) is 0 Å². The van der Waals surface area contributed by atoms with Crippen LogP contribution in [0.4, 0.5) is 28.4 Å². The Balaban J connectivity index is 0.000000559. The number of fused-ring (bicyclic) bond motifs is 6. The van der Waals surface area contributed by atoms with E-state index < -0.39 is 0 Å². The molecule has 2 heterocycles. The Morgan fingerprint density at radius 1 is 0.486 bits per heavy atom. The van der Waals surface area contributed by atoms with Gasteiger partial charge in [0.25, 0.3) is 0 Å². The summed E-state index contributed by atoms with van der Waals surface area (Å²) in [5.41, 5.74) is 18.0. The average molecular weight is 1010 g/mol. The van der Waals surface area contributed by atoms with Gasteiger partial charge in [0.15, 0.2) is 0 Å². The second-order valence-electron chi connectivity index (χ2n) is 17.6. The zero-order valence-electron chi connectivity index (χ0n) is 45.5. The monoisotopic (exact) mass is 1010 g/mol. The van der Waals surface area contributed by atoms with Crippen LogP contribution in [0.1, 0.15) is 135 Å². The van der Waals surface area contributed by atoms with Crippen LogP contribution in [0.25, 0.3) is 35.4 Å². The number of allylic oxidation sites excluding steroid dienone is 7. The lowest BCUT2D eigenvalue weighted by Gasteiger charge is -2.35. The first-order chi connectivity index (χ1) is 36.5. The van der Waals surface area contributed by atoms with E-state index in [4.69, 9.17) is 0 Å². The van der Waals surface area contributed by atoms with Crippen LogP contribution < -0.4 is 9.80 Å². The summed E-state index contributed by atoms with van der Waals surface area (Å²) >= 11 is 3.74. The number of nitrogens with zero attached hydrogens (tertiary/aromatic N) is 2. The lowest BCUT2D eigenvalue weighted by Crippen LogP contribution is -2.23. The molecule has 2 aliphatic heterocycles. The predicted molar refractivity (Wildman–Crippen MR) is 331 cm³/mol. The largest absolute Gasteiger partial charge is 0.312 e. The molecule has 7 aromatic rings. The van der Waals surface area contributed by atoms with E-state index in [0.29, 0.717) is 0 Å². The Bertz CT molecular complexity index is 3100. The highest BCUT2D eigenvalue weighted by molar-refractivity contribution is 8.03. The first-order valence-electron chi connectivity index (χ1n) is 27.3. The standard InChI is InChI=1S/C57H46N2S2.C7H12.3C2H6/c1-3-57(4-2)47-37-41(23-21-39-25-31-43(32-26-39)58-49-13-5-9-17-53(49)60-54-18-10-6-14-50(54)58)29-35-45(47)46-36-30-42(38-48(46)57)24-22-40-27-33-44(34-28-40)59-51-15-7-11-19-55(51)61-56-20-12-8-16-52(56)59;1-3-5-7-6-4-2;3*1-2/h5-7,9-15,17-38H,3-4,8,16H2,1-2H3;3,5-7H,4H2,1-2H3;3*1-2H3/b23-21+,24-22+;5-3-,7-6-;;;. The maximum Gasteiger partial charge on any atom is 0.0601 e. The molecule has 0 spiro atoms. The van der Waals surface area contributed by atoms with Crippen molar-refractivity contribution < 1.29 is 0 Å². The summed E-state index contributed by atoms with van der Waals surface area (Å²) in [5, 5.41) is 0. The summed E-state index contributed by atoms with van der Waals surface area (Å²) in [6.07, 6.45) is 27.3. The molecule has 378 valence electrons. The number of hydrogen-bond acceptors (Lipinski definition) is 4. The fraction of sp³-hybridized carbons (Fsp3) is 0.229. The maximum atomic E-state index is 2.47. The quantitative estimate of drug-likeness (QED) is 0.0994. The number of rotatable bonds is 10.